The molecule has 3 rings (SSSR count). The summed E-state index contributed by atoms with van der Waals surface area (Å²) in [5, 5.41) is 2.58. The number of amides is 2. The quantitative estimate of drug-likeness (QED) is 0.678. The van der Waals surface area contributed by atoms with E-state index >= 15 is 0 Å². The number of nitrogens with zero attached hydrogens (tertiary/aromatic N) is 1. The third-order valence-corrected chi connectivity index (χ3v) is 8.43. The molecule has 2 fully saturated rings. The first kappa shape index (κ1) is 19.8. The predicted octanol–water partition coefficient (Wildman–Crippen LogP) is -0.388. The molecule has 2 aliphatic heterocycles. The maximum atomic E-state index is 12.3. The van der Waals surface area contributed by atoms with Crippen LogP contribution in [0.3, 0.4) is 0 Å². The molecule has 1 aromatic carbocycles. The van der Waals surface area contributed by atoms with Crippen LogP contribution >= 0.6 is 0 Å². The van der Waals surface area contributed by atoms with Crippen LogP contribution in [-0.4, -0.2) is 69.9 Å². The zero-order valence-electron chi connectivity index (χ0n) is 14.7. The summed E-state index contributed by atoms with van der Waals surface area (Å²) in [6.45, 7) is 0.134. The maximum absolute atomic E-state index is 12.3. The fourth-order valence-corrected chi connectivity index (χ4v) is 6.39. The molecule has 0 bridgehead atoms. The highest BCUT2D eigenvalue weighted by Gasteiger charge is 2.41. The second-order valence-electron chi connectivity index (χ2n) is 6.93. The molecule has 0 radical (unpaired) electrons. The number of carbonyl (C=O) groups is 2. The Balaban J connectivity index is 1.51. The monoisotopic (exact) mass is 414 g/mol. The van der Waals surface area contributed by atoms with E-state index < -0.39 is 25.6 Å². The number of hydrogen-bond acceptors (Lipinski definition) is 6. The summed E-state index contributed by atoms with van der Waals surface area (Å²) in [5.74, 6) is -1.41. The van der Waals surface area contributed by atoms with E-state index in [-0.39, 0.29) is 59.5 Å². The van der Waals surface area contributed by atoms with E-state index in [9.17, 15) is 26.4 Å². The molecule has 8 nitrogen and oxygen atoms in total. The Morgan fingerprint density at radius 3 is 2.56 bits per heavy atom. The van der Waals surface area contributed by atoms with Gasteiger partial charge in [-0.25, -0.2) is 16.8 Å². The normalized spacial score (nSPS) is 24.9. The van der Waals surface area contributed by atoms with Crippen molar-refractivity contribution >= 4 is 31.5 Å². The Morgan fingerprint density at radius 1 is 1.22 bits per heavy atom. The summed E-state index contributed by atoms with van der Waals surface area (Å²) < 4.78 is 47.6. The molecule has 1 aromatic rings. The molecule has 1 N–H and O–H groups in total. The minimum Gasteiger partial charge on any atom is -0.355 e. The van der Waals surface area contributed by atoms with Crippen molar-refractivity contribution in [2.45, 2.75) is 23.8 Å². The van der Waals surface area contributed by atoms with Crippen LogP contribution in [0.1, 0.15) is 12.8 Å². The number of likely N-dealkylation sites (tertiary alicyclic amines) is 1. The third kappa shape index (κ3) is 4.67. The summed E-state index contributed by atoms with van der Waals surface area (Å²) in [5.41, 5.74) is 0. The second kappa shape index (κ2) is 7.59. The SMILES string of the molecule is O=C(NCCS(=O)(=O)c1ccccc1)[C@H]1CC(=O)N([C@H]2CCS(=O)(=O)C2)C1. The van der Waals surface area contributed by atoms with Gasteiger partial charge in [-0.2, -0.15) is 0 Å². The first-order valence-electron chi connectivity index (χ1n) is 8.73. The Morgan fingerprint density at radius 2 is 1.93 bits per heavy atom. The van der Waals surface area contributed by atoms with Gasteiger partial charge in [0.2, 0.25) is 11.8 Å². The van der Waals surface area contributed by atoms with Gasteiger partial charge in [-0.05, 0) is 18.6 Å². The number of benzene rings is 1. The van der Waals surface area contributed by atoms with Gasteiger partial charge in [0.1, 0.15) is 0 Å². The van der Waals surface area contributed by atoms with Gasteiger partial charge in [-0.3, -0.25) is 9.59 Å². The number of carbonyl (C=O) groups excluding carboxylic acids is 2. The number of rotatable bonds is 6. The molecule has 0 spiro atoms. The lowest BCUT2D eigenvalue weighted by molar-refractivity contribution is -0.130. The van der Waals surface area contributed by atoms with E-state index in [1.54, 1.807) is 18.2 Å². The molecule has 0 saturated carbocycles. The summed E-state index contributed by atoms with van der Waals surface area (Å²) in [6.07, 6.45) is 0.422. The smallest absolute Gasteiger partial charge is 0.225 e. The van der Waals surface area contributed by atoms with Crippen LogP contribution in [0.4, 0.5) is 0 Å². The number of sulfone groups is 2. The molecule has 2 saturated heterocycles. The Labute approximate surface area is 158 Å². The molecular formula is C17H22N2O6S2. The van der Waals surface area contributed by atoms with Crippen molar-refractivity contribution in [2.75, 3.05) is 30.3 Å². The van der Waals surface area contributed by atoms with Crippen molar-refractivity contribution in [1.29, 1.82) is 0 Å². The Hall–Kier alpha value is -1.94. The third-order valence-electron chi connectivity index (χ3n) is 4.95. The van der Waals surface area contributed by atoms with Crippen molar-refractivity contribution in [1.82, 2.24) is 10.2 Å². The van der Waals surface area contributed by atoms with Gasteiger partial charge in [0.15, 0.2) is 19.7 Å². The second-order valence-corrected chi connectivity index (χ2v) is 11.3. The molecule has 0 aromatic heterocycles. The van der Waals surface area contributed by atoms with Gasteiger partial charge in [-0.15, -0.1) is 0 Å². The molecule has 0 unspecified atom stereocenters. The van der Waals surface area contributed by atoms with Crippen LogP contribution in [-0.2, 0) is 29.3 Å². The van der Waals surface area contributed by atoms with E-state index in [0.717, 1.165) is 0 Å². The van der Waals surface area contributed by atoms with Crippen LogP contribution < -0.4 is 5.32 Å². The van der Waals surface area contributed by atoms with Crippen LogP contribution in [0.2, 0.25) is 0 Å². The molecule has 0 aliphatic carbocycles. The summed E-state index contributed by atoms with van der Waals surface area (Å²) in [4.78, 5) is 26.1. The Bertz CT molecular complexity index is 927. The number of nitrogens with one attached hydrogen (secondary N) is 1. The highest BCUT2D eigenvalue weighted by molar-refractivity contribution is 7.91. The first-order chi connectivity index (χ1) is 12.7. The van der Waals surface area contributed by atoms with Crippen molar-refractivity contribution in [3.05, 3.63) is 30.3 Å². The van der Waals surface area contributed by atoms with Crippen LogP contribution in [0.15, 0.2) is 35.2 Å². The van der Waals surface area contributed by atoms with Gasteiger partial charge < -0.3 is 10.2 Å². The highest BCUT2D eigenvalue weighted by atomic mass is 32.2. The Kier molecular flexibility index (Phi) is 5.57. The van der Waals surface area contributed by atoms with Crippen molar-refractivity contribution < 1.29 is 26.4 Å². The summed E-state index contributed by atoms with van der Waals surface area (Å²) in [6, 6.07) is 7.62. The lowest BCUT2D eigenvalue weighted by atomic mass is 10.1. The highest BCUT2D eigenvalue weighted by Crippen LogP contribution is 2.26. The van der Waals surface area contributed by atoms with E-state index in [1.165, 1.54) is 17.0 Å². The molecular weight excluding hydrogens is 392 g/mol. The summed E-state index contributed by atoms with van der Waals surface area (Å²) >= 11 is 0. The minimum absolute atomic E-state index is 0.0216. The molecule has 10 heteroatoms. The molecule has 2 heterocycles. The topological polar surface area (TPSA) is 118 Å². The molecule has 148 valence electrons. The predicted molar refractivity (Wildman–Crippen MR) is 98.4 cm³/mol. The molecule has 2 atom stereocenters. The fraction of sp³-hybridized carbons (Fsp3) is 0.529. The average molecular weight is 415 g/mol. The lowest BCUT2D eigenvalue weighted by Crippen LogP contribution is -2.39. The van der Waals surface area contributed by atoms with Gasteiger partial charge in [0, 0.05) is 25.6 Å². The van der Waals surface area contributed by atoms with Gasteiger partial charge in [0.25, 0.3) is 0 Å². The van der Waals surface area contributed by atoms with Gasteiger partial charge >= 0.3 is 0 Å². The zero-order valence-corrected chi connectivity index (χ0v) is 16.3. The van der Waals surface area contributed by atoms with E-state index in [1.807, 2.05) is 0 Å². The average Bonchev–Trinajstić information content (AvgIpc) is 3.17. The minimum atomic E-state index is -3.49. The zero-order chi connectivity index (χ0) is 19.7. The number of hydrogen-bond donors (Lipinski definition) is 1. The fourth-order valence-electron chi connectivity index (χ4n) is 3.48. The first-order valence-corrected chi connectivity index (χ1v) is 12.2. The van der Waals surface area contributed by atoms with Crippen molar-refractivity contribution in [3.63, 3.8) is 0 Å². The molecule has 2 aliphatic rings. The summed E-state index contributed by atoms with van der Waals surface area (Å²) in [7, 11) is -6.60. The van der Waals surface area contributed by atoms with E-state index in [4.69, 9.17) is 0 Å². The van der Waals surface area contributed by atoms with Crippen LogP contribution in [0, 0.1) is 5.92 Å². The largest absolute Gasteiger partial charge is 0.355 e. The maximum Gasteiger partial charge on any atom is 0.225 e. The van der Waals surface area contributed by atoms with Crippen LogP contribution in [0.5, 0.6) is 0 Å². The van der Waals surface area contributed by atoms with Gasteiger partial charge in [-0.1, -0.05) is 18.2 Å². The molecule has 2 amide bonds. The standard InChI is InChI=1S/C17H22N2O6S2/c20-16-10-13(11-19(16)14-6-8-26(22,23)12-14)17(21)18-7-9-27(24,25)15-4-2-1-3-5-15/h1-5,13-14H,6-12H2,(H,18,21)/t13-,14-/m0/s1. The molecule has 27 heavy (non-hydrogen) atoms. The van der Waals surface area contributed by atoms with Crippen molar-refractivity contribution in [2.24, 2.45) is 5.92 Å². The van der Waals surface area contributed by atoms with Gasteiger partial charge in [0.05, 0.1) is 28.1 Å². The van der Waals surface area contributed by atoms with E-state index in [0.29, 0.717) is 6.42 Å². The van der Waals surface area contributed by atoms with E-state index in [2.05, 4.69) is 5.32 Å². The van der Waals surface area contributed by atoms with Crippen LogP contribution in [0.25, 0.3) is 0 Å². The lowest BCUT2D eigenvalue weighted by Gasteiger charge is -2.22. The van der Waals surface area contributed by atoms with Crippen molar-refractivity contribution in [3.8, 4) is 0 Å².